The zero-order valence-corrected chi connectivity index (χ0v) is 19.3. The van der Waals surface area contributed by atoms with Crippen molar-refractivity contribution in [1.82, 2.24) is 15.2 Å². The van der Waals surface area contributed by atoms with Gasteiger partial charge in [0, 0.05) is 35.8 Å². The van der Waals surface area contributed by atoms with Crippen LogP contribution in [0.4, 0.5) is 0 Å². The first-order chi connectivity index (χ1) is 16.1. The summed E-state index contributed by atoms with van der Waals surface area (Å²) in [7, 11) is 0. The number of ether oxygens (including phenoxy) is 2. The van der Waals surface area contributed by atoms with Gasteiger partial charge in [0.05, 0.1) is 11.9 Å². The normalized spacial score (nSPS) is 18.9. The number of para-hydroxylation sites is 1. The number of nitrogens with zero attached hydrogens (tertiary/aromatic N) is 2. The number of amides is 1. The smallest absolute Gasteiger partial charge is 0.224 e. The summed E-state index contributed by atoms with van der Waals surface area (Å²) >= 11 is 6.08. The van der Waals surface area contributed by atoms with Crippen molar-refractivity contribution in [1.29, 1.82) is 0 Å². The summed E-state index contributed by atoms with van der Waals surface area (Å²) in [5.41, 5.74) is 1.88. The second kappa shape index (κ2) is 9.98. The molecule has 1 aromatic heterocycles. The third kappa shape index (κ3) is 5.40. The number of hydrogen-bond donors (Lipinski definition) is 1. The monoisotopic (exact) mass is 465 g/mol. The van der Waals surface area contributed by atoms with E-state index in [1.165, 1.54) is 0 Å². The van der Waals surface area contributed by atoms with E-state index in [0.717, 1.165) is 67.0 Å². The summed E-state index contributed by atoms with van der Waals surface area (Å²) < 4.78 is 11.9. The molecule has 0 saturated carbocycles. The van der Waals surface area contributed by atoms with Gasteiger partial charge in [-0.15, -0.1) is 0 Å². The molecule has 3 heterocycles. The van der Waals surface area contributed by atoms with E-state index in [-0.39, 0.29) is 12.0 Å². The van der Waals surface area contributed by atoms with Crippen LogP contribution < -0.4 is 14.8 Å². The molecule has 3 aromatic rings. The number of likely N-dealkylation sites (tertiary alicyclic amines) is 1. The van der Waals surface area contributed by atoms with Crippen LogP contribution in [0, 0.1) is 5.92 Å². The van der Waals surface area contributed by atoms with Crippen LogP contribution in [0.5, 0.6) is 11.5 Å². The average molecular weight is 466 g/mol. The number of aromatic nitrogens is 1. The van der Waals surface area contributed by atoms with Crippen LogP contribution in [0.2, 0.25) is 5.02 Å². The number of rotatable bonds is 6. The Morgan fingerprint density at radius 1 is 1.12 bits per heavy atom. The molecule has 2 aromatic carbocycles. The van der Waals surface area contributed by atoms with Gasteiger partial charge in [-0.3, -0.25) is 14.7 Å². The molecular weight excluding hydrogens is 438 g/mol. The SMILES string of the molecule is O=C(Cc1cccc2cccnc12)NCC1CCN(CC2COc3ccc(Cl)cc3O2)CC1. The van der Waals surface area contributed by atoms with E-state index in [1.807, 2.05) is 48.5 Å². The van der Waals surface area contributed by atoms with Crippen molar-refractivity contribution < 1.29 is 14.3 Å². The molecule has 1 amide bonds. The zero-order chi connectivity index (χ0) is 22.6. The Morgan fingerprint density at radius 3 is 2.85 bits per heavy atom. The summed E-state index contributed by atoms with van der Waals surface area (Å²) in [6.45, 7) is 4.10. The van der Waals surface area contributed by atoms with Gasteiger partial charge in [0.1, 0.15) is 12.7 Å². The maximum atomic E-state index is 12.6. The maximum absolute atomic E-state index is 12.6. The number of hydrogen-bond acceptors (Lipinski definition) is 5. The highest BCUT2D eigenvalue weighted by atomic mass is 35.5. The highest BCUT2D eigenvalue weighted by molar-refractivity contribution is 6.30. The molecule has 172 valence electrons. The van der Waals surface area contributed by atoms with Crippen LogP contribution in [-0.4, -0.2) is 54.7 Å². The molecule has 2 aliphatic heterocycles. The van der Waals surface area contributed by atoms with Crippen molar-refractivity contribution in [3.63, 3.8) is 0 Å². The van der Waals surface area contributed by atoms with E-state index in [9.17, 15) is 4.79 Å². The highest BCUT2D eigenvalue weighted by Gasteiger charge is 2.26. The van der Waals surface area contributed by atoms with Crippen LogP contribution in [0.3, 0.4) is 0 Å². The van der Waals surface area contributed by atoms with Crippen molar-refractivity contribution in [3.8, 4) is 11.5 Å². The van der Waals surface area contributed by atoms with Crippen LogP contribution in [0.25, 0.3) is 10.9 Å². The molecule has 1 fully saturated rings. The number of carbonyl (C=O) groups is 1. The Balaban J connectivity index is 1.06. The molecule has 5 rings (SSSR count). The number of carbonyl (C=O) groups excluding carboxylic acids is 1. The number of benzene rings is 2. The molecule has 6 nitrogen and oxygen atoms in total. The Labute approximate surface area is 198 Å². The fraction of sp³-hybridized carbons (Fsp3) is 0.385. The minimum atomic E-state index is 0.00141. The zero-order valence-electron chi connectivity index (χ0n) is 18.5. The minimum Gasteiger partial charge on any atom is -0.486 e. The first kappa shape index (κ1) is 22.0. The minimum absolute atomic E-state index is 0.00141. The lowest BCUT2D eigenvalue weighted by atomic mass is 9.96. The van der Waals surface area contributed by atoms with Gasteiger partial charge >= 0.3 is 0 Å². The van der Waals surface area contributed by atoms with Gasteiger partial charge in [0.15, 0.2) is 11.5 Å². The van der Waals surface area contributed by atoms with Crippen molar-refractivity contribution in [3.05, 3.63) is 65.3 Å². The Morgan fingerprint density at radius 2 is 1.97 bits per heavy atom. The Bertz CT molecular complexity index is 1130. The molecular formula is C26H28ClN3O3. The van der Waals surface area contributed by atoms with Gasteiger partial charge in [-0.05, 0) is 55.6 Å². The fourth-order valence-corrected chi connectivity index (χ4v) is 4.81. The third-order valence-electron chi connectivity index (χ3n) is 6.45. The predicted molar refractivity (Wildman–Crippen MR) is 129 cm³/mol. The highest BCUT2D eigenvalue weighted by Crippen LogP contribution is 2.34. The molecule has 1 unspecified atom stereocenters. The molecule has 1 atom stereocenters. The van der Waals surface area contributed by atoms with E-state index in [0.29, 0.717) is 24.0 Å². The number of halogens is 1. The van der Waals surface area contributed by atoms with E-state index in [4.69, 9.17) is 21.1 Å². The summed E-state index contributed by atoms with van der Waals surface area (Å²) in [5.74, 6) is 2.03. The standard InChI is InChI=1S/C26H28ClN3O3/c27-21-6-7-23-24(14-21)33-22(17-32-23)16-30-11-8-18(9-12-30)15-29-25(31)13-20-4-1-3-19-5-2-10-28-26(19)20/h1-7,10,14,18,22H,8-9,11-13,15-17H2,(H,29,31). The molecule has 7 heteroatoms. The van der Waals surface area contributed by atoms with Gasteiger partial charge in [-0.1, -0.05) is 35.9 Å². The molecule has 0 spiro atoms. The largest absolute Gasteiger partial charge is 0.486 e. The van der Waals surface area contributed by atoms with E-state index >= 15 is 0 Å². The van der Waals surface area contributed by atoms with Crippen LogP contribution >= 0.6 is 11.6 Å². The first-order valence-corrected chi connectivity index (χ1v) is 11.9. The molecule has 0 aliphatic carbocycles. The average Bonchev–Trinajstić information content (AvgIpc) is 2.84. The summed E-state index contributed by atoms with van der Waals surface area (Å²) in [6, 6.07) is 15.4. The first-order valence-electron chi connectivity index (χ1n) is 11.5. The van der Waals surface area contributed by atoms with Crippen molar-refractivity contribution in [2.45, 2.75) is 25.4 Å². The second-order valence-corrected chi connectivity index (χ2v) is 9.30. The number of pyridine rings is 1. The van der Waals surface area contributed by atoms with E-state index in [1.54, 1.807) is 6.20 Å². The van der Waals surface area contributed by atoms with Gasteiger partial charge in [0.2, 0.25) is 5.91 Å². The van der Waals surface area contributed by atoms with E-state index in [2.05, 4.69) is 15.2 Å². The molecule has 0 radical (unpaired) electrons. The van der Waals surface area contributed by atoms with Crippen molar-refractivity contribution in [2.75, 3.05) is 32.8 Å². The lowest BCUT2D eigenvalue weighted by Gasteiger charge is -2.35. The molecule has 2 aliphatic rings. The summed E-state index contributed by atoms with van der Waals surface area (Å²) in [5, 5.41) is 4.85. The topological polar surface area (TPSA) is 63.7 Å². The third-order valence-corrected chi connectivity index (χ3v) is 6.68. The fourth-order valence-electron chi connectivity index (χ4n) is 4.64. The predicted octanol–water partition coefficient (Wildman–Crippen LogP) is 4.10. The van der Waals surface area contributed by atoms with Gasteiger partial charge < -0.3 is 14.8 Å². The van der Waals surface area contributed by atoms with Crippen LogP contribution in [-0.2, 0) is 11.2 Å². The number of piperidine rings is 1. The second-order valence-electron chi connectivity index (χ2n) is 8.86. The van der Waals surface area contributed by atoms with Crippen molar-refractivity contribution >= 4 is 28.4 Å². The molecule has 0 bridgehead atoms. The lowest BCUT2D eigenvalue weighted by molar-refractivity contribution is -0.120. The van der Waals surface area contributed by atoms with Crippen LogP contribution in [0.15, 0.2) is 54.7 Å². The van der Waals surface area contributed by atoms with Gasteiger partial charge in [-0.2, -0.15) is 0 Å². The van der Waals surface area contributed by atoms with Crippen molar-refractivity contribution in [2.24, 2.45) is 5.92 Å². The quantitative estimate of drug-likeness (QED) is 0.593. The van der Waals surface area contributed by atoms with Crippen LogP contribution in [0.1, 0.15) is 18.4 Å². The Hall–Kier alpha value is -2.83. The number of nitrogens with one attached hydrogen (secondary N) is 1. The maximum Gasteiger partial charge on any atom is 0.224 e. The molecule has 1 saturated heterocycles. The lowest BCUT2D eigenvalue weighted by Crippen LogP contribution is -2.45. The van der Waals surface area contributed by atoms with E-state index < -0.39 is 0 Å². The summed E-state index contributed by atoms with van der Waals surface area (Å²) in [6.07, 6.45) is 4.26. The van der Waals surface area contributed by atoms with Gasteiger partial charge in [-0.25, -0.2) is 0 Å². The summed E-state index contributed by atoms with van der Waals surface area (Å²) in [4.78, 5) is 19.4. The molecule has 1 N–H and O–H groups in total. The Kier molecular flexibility index (Phi) is 6.65. The van der Waals surface area contributed by atoms with Gasteiger partial charge in [0.25, 0.3) is 0 Å². The number of fused-ring (bicyclic) bond motifs is 2. The molecule has 33 heavy (non-hydrogen) atoms.